The summed E-state index contributed by atoms with van der Waals surface area (Å²) in [5, 5.41) is 0. The highest BCUT2D eigenvalue weighted by Crippen LogP contribution is 2.47. The molecule has 4 heteroatoms. The number of benzene rings is 1. The van der Waals surface area contributed by atoms with Gasteiger partial charge in [-0.25, -0.2) is 9.78 Å². The second kappa shape index (κ2) is 2.77. The van der Waals surface area contributed by atoms with Gasteiger partial charge in [-0.05, 0) is 6.07 Å². The lowest BCUT2D eigenvalue weighted by Gasteiger charge is -2.22. The van der Waals surface area contributed by atoms with Crippen LogP contribution < -0.4 is 0 Å². The Bertz CT molecular complexity index is 632. The predicted molar refractivity (Wildman–Crippen MR) is 59.5 cm³/mol. The molecule has 0 saturated heterocycles. The summed E-state index contributed by atoms with van der Waals surface area (Å²) in [6.07, 6.45) is 4.38. The molecule has 0 fully saturated rings. The Morgan fingerprint density at radius 2 is 2.24 bits per heavy atom. The standard InChI is InChI=1S/C13H10N2O2/c16-12-9-3-1-2-4-10(9)13(17-12)5-6-15-8-14-7-11(13)15/h1-4,7-8H,5-6H2. The molecular formula is C13H10N2O2. The largest absolute Gasteiger partial charge is 0.444 e. The molecule has 17 heavy (non-hydrogen) atoms. The molecule has 0 N–H and O–H groups in total. The number of aromatic nitrogens is 2. The number of aryl methyl sites for hydroxylation is 1. The van der Waals surface area contributed by atoms with Gasteiger partial charge in [0.2, 0.25) is 0 Å². The summed E-state index contributed by atoms with van der Waals surface area (Å²) in [6, 6.07) is 7.61. The Kier molecular flexibility index (Phi) is 1.46. The van der Waals surface area contributed by atoms with Crippen LogP contribution in [0.4, 0.5) is 0 Å². The first-order valence-electron chi connectivity index (χ1n) is 5.65. The fourth-order valence-electron chi connectivity index (χ4n) is 2.90. The number of hydrogen-bond acceptors (Lipinski definition) is 3. The average Bonchev–Trinajstić information content (AvgIpc) is 2.99. The molecular weight excluding hydrogens is 216 g/mol. The Balaban J connectivity index is 2.02. The van der Waals surface area contributed by atoms with Gasteiger partial charge in [0.1, 0.15) is 0 Å². The molecule has 1 aromatic carbocycles. The third-order valence-electron chi connectivity index (χ3n) is 3.68. The zero-order valence-corrected chi connectivity index (χ0v) is 9.09. The molecule has 0 aliphatic carbocycles. The molecule has 1 unspecified atom stereocenters. The van der Waals surface area contributed by atoms with E-state index in [1.807, 2.05) is 24.3 Å². The van der Waals surface area contributed by atoms with E-state index in [4.69, 9.17) is 4.74 Å². The number of rotatable bonds is 0. The number of esters is 1. The number of carbonyl (C=O) groups excluding carboxylic acids is 1. The summed E-state index contributed by atoms with van der Waals surface area (Å²) in [6.45, 7) is 0.844. The van der Waals surface area contributed by atoms with Crippen LogP contribution in [0.1, 0.15) is 28.0 Å². The van der Waals surface area contributed by atoms with Crippen molar-refractivity contribution in [3.8, 4) is 0 Å². The van der Waals surface area contributed by atoms with Gasteiger partial charge in [-0.1, -0.05) is 18.2 Å². The van der Waals surface area contributed by atoms with Crippen molar-refractivity contribution >= 4 is 5.97 Å². The Hall–Kier alpha value is -2.10. The van der Waals surface area contributed by atoms with Crippen LogP contribution in [0.3, 0.4) is 0 Å². The highest BCUT2D eigenvalue weighted by Gasteiger charge is 2.51. The molecule has 3 heterocycles. The van der Waals surface area contributed by atoms with Gasteiger partial charge < -0.3 is 9.30 Å². The highest BCUT2D eigenvalue weighted by atomic mass is 16.6. The molecule has 0 radical (unpaired) electrons. The quantitative estimate of drug-likeness (QED) is 0.642. The van der Waals surface area contributed by atoms with Gasteiger partial charge >= 0.3 is 5.97 Å². The van der Waals surface area contributed by atoms with E-state index < -0.39 is 5.60 Å². The monoisotopic (exact) mass is 226 g/mol. The van der Waals surface area contributed by atoms with Crippen molar-refractivity contribution in [2.75, 3.05) is 0 Å². The summed E-state index contributed by atoms with van der Waals surface area (Å²) >= 11 is 0. The Morgan fingerprint density at radius 3 is 3.18 bits per heavy atom. The molecule has 0 saturated carbocycles. The lowest BCUT2D eigenvalue weighted by atomic mass is 9.89. The molecule has 1 atom stereocenters. The number of hydrogen-bond donors (Lipinski definition) is 0. The van der Waals surface area contributed by atoms with E-state index in [1.54, 1.807) is 12.5 Å². The summed E-state index contributed by atoms with van der Waals surface area (Å²) in [4.78, 5) is 16.0. The normalized spacial score (nSPS) is 24.8. The maximum atomic E-state index is 11.9. The van der Waals surface area contributed by atoms with Crippen molar-refractivity contribution in [3.05, 3.63) is 53.6 Å². The first-order chi connectivity index (χ1) is 8.31. The molecule has 0 amide bonds. The van der Waals surface area contributed by atoms with Gasteiger partial charge in [-0.2, -0.15) is 0 Å². The molecule has 4 rings (SSSR count). The van der Waals surface area contributed by atoms with Gasteiger partial charge in [0.25, 0.3) is 0 Å². The third kappa shape index (κ3) is 0.934. The zero-order valence-electron chi connectivity index (χ0n) is 9.09. The SMILES string of the molecule is O=C1OC2(CCn3cncc32)c2ccccc21. The van der Waals surface area contributed by atoms with Crippen LogP contribution in [0.5, 0.6) is 0 Å². The highest BCUT2D eigenvalue weighted by molar-refractivity contribution is 5.95. The van der Waals surface area contributed by atoms with Crippen molar-refractivity contribution in [1.82, 2.24) is 9.55 Å². The van der Waals surface area contributed by atoms with Crippen LogP contribution in [-0.4, -0.2) is 15.5 Å². The van der Waals surface area contributed by atoms with Crippen LogP contribution in [0.25, 0.3) is 0 Å². The predicted octanol–water partition coefficient (Wildman–Crippen LogP) is 1.70. The molecule has 4 nitrogen and oxygen atoms in total. The minimum Gasteiger partial charge on any atom is -0.444 e. The van der Waals surface area contributed by atoms with E-state index >= 15 is 0 Å². The number of carbonyl (C=O) groups is 1. The van der Waals surface area contributed by atoms with Crippen molar-refractivity contribution in [3.63, 3.8) is 0 Å². The summed E-state index contributed by atoms with van der Waals surface area (Å²) in [7, 11) is 0. The van der Waals surface area contributed by atoms with Gasteiger partial charge in [0.05, 0.1) is 23.8 Å². The zero-order chi connectivity index (χ0) is 11.5. The number of imidazole rings is 1. The van der Waals surface area contributed by atoms with Crippen LogP contribution in [-0.2, 0) is 16.9 Å². The van der Waals surface area contributed by atoms with Crippen molar-refractivity contribution in [2.45, 2.75) is 18.6 Å². The minimum absolute atomic E-state index is 0.227. The van der Waals surface area contributed by atoms with Crippen LogP contribution >= 0.6 is 0 Å². The van der Waals surface area contributed by atoms with E-state index in [2.05, 4.69) is 9.55 Å². The molecule has 1 aromatic heterocycles. The summed E-state index contributed by atoms with van der Waals surface area (Å²) in [5.41, 5.74) is 2.05. The van der Waals surface area contributed by atoms with Gasteiger partial charge in [0.15, 0.2) is 5.60 Å². The lowest BCUT2D eigenvalue weighted by Crippen LogP contribution is -2.24. The van der Waals surface area contributed by atoms with Crippen molar-refractivity contribution < 1.29 is 9.53 Å². The number of ether oxygens (including phenoxy) is 1. The maximum Gasteiger partial charge on any atom is 0.339 e. The van der Waals surface area contributed by atoms with E-state index in [-0.39, 0.29) is 5.97 Å². The third-order valence-corrected chi connectivity index (χ3v) is 3.68. The second-order valence-electron chi connectivity index (χ2n) is 4.48. The van der Waals surface area contributed by atoms with E-state index in [1.165, 1.54) is 0 Å². The van der Waals surface area contributed by atoms with Crippen LogP contribution in [0, 0.1) is 0 Å². The van der Waals surface area contributed by atoms with E-state index in [0.29, 0.717) is 5.56 Å². The van der Waals surface area contributed by atoms with Crippen LogP contribution in [0.15, 0.2) is 36.8 Å². The summed E-state index contributed by atoms with van der Waals surface area (Å²) < 4.78 is 7.72. The Morgan fingerprint density at radius 1 is 1.35 bits per heavy atom. The lowest BCUT2D eigenvalue weighted by molar-refractivity contribution is 0.0114. The van der Waals surface area contributed by atoms with Gasteiger partial charge in [-0.15, -0.1) is 0 Å². The maximum absolute atomic E-state index is 11.9. The van der Waals surface area contributed by atoms with Crippen molar-refractivity contribution in [2.24, 2.45) is 0 Å². The molecule has 2 aliphatic heterocycles. The molecule has 84 valence electrons. The number of fused-ring (bicyclic) bond motifs is 4. The van der Waals surface area contributed by atoms with Gasteiger partial charge in [0, 0.05) is 18.5 Å². The smallest absolute Gasteiger partial charge is 0.339 e. The molecule has 0 bridgehead atoms. The fraction of sp³-hybridized carbons (Fsp3) is 0.231. The molecule has 2 aliphatic rings. The number of nitrogens with zero attached hydrogens (tertiary/aromatic N) is 2. The second-order valence-corrected chi connectivity index (χ2v) is 4.48. The Labute approximate surface area is 97.9 Å². The van der Waals surface area contributed by atoms with Crippen molar-refractivity contribution in [1.29, 1.82) is 0 Å². The minimum atomic E-state index is -0.593. The average molecular weight is 226 g/mol. The first-order valence-corrected chi connectivity index (χ1v) is 5.65. The van der Waals surface area contributed by atoms with Crippen LogP contribution in [0.2, 0.25) is 0 Å². The molecule has 2 aromatic rings. The topological polar surface area (TPSA) is 44.1 Å². The molecule has 1 spiro atoms. The van der Waals surface area contributed by atoms with E-state index in [9.17, 15) is 4.79 Å². The summed E-state index contributed by atoms with van der Waals surface area (Å²) in [5.74, 6) is -0.227. The fourth-order valence-corrected chi connectivity index (χ4v) is 2.90. The van der Waals surface area contributed by atoms with Gasteiger partial charge in [-0.3, -0.25) is 0 Å². The van der Waals surface area contributed by atoms with E-state index in [0.717, 1.165) is 24.2 Å². The first kappa shape index (κ1) is 8.98.